The number of hydrogen-bond acceptors (Lipinski definition) is 0. The van der Waals surface area contributed by atoms with Gasteiger partial charge in [0.1, 0.15) is 0 Å². The zero-order valence-electron chi connectivity index (χ0n) is 0.354. The van der Waals surface area contributed by atoms with Crippen molar-refractivity contribution in [3.8, 4) is 0 Å². The third-order valence-electron chi connectivity index (χ3n) is 0. The van der Waals surface area contributed by atoms with Crippen molar-refractivity contribution < 1.29 is 19.5 Å². The molecule has 5 heteroatoms. The first-order chi connectivity index (χ1) is 0. The van der Waals surface area contributed by atoms with Gasteiger partial charge in [-0.25, -0.2) is 0 Å². The van der Waals surface area contributed by atoms with Crippen LogP contribution in [0, 0.1) is 0 Å². The zero-order chi connectivity index (χ0) is 0. The van der Waals surface area contributed by atoms with Crippen LogP contribution in [-0.4, -0.2) is 33.7 Å². The summed E-state index contributed by atoms with van der Waals surface area (Å²) < 4.78 is 0. The summed E-state index contributed by atoms with van der Waals surface area (Å²) in [6, 6.07) is 0. The van der Waals surface area contributed by atoms with E-state index in [-0.39, 0.29) is 53.1 Å². The molecule has 0 amide bonds. The van der Waals surface area contributed by atoms with E-state index in [1.807, 2.05) is 0 Å². The molecule has 0 aliphatic carbocycles. The van der Waals surface area contributed by atoms with Gasteiger partial charge in [0, 0.05) is 0 Å². The van der Waals surface area contributed by atoms with Crippen LogP contribution >= 0.6 is 0 Å². The van der Waals surface area contributed by atoms with E-state index in [1.165, 1.54) is 0 Å². The molecule has 0 unspecified atom stereocenters. The van der Waals surface area contributed by atoms with Crippen molar-refractivity contribution >= 4 is 33.7 Å². The third kappa shape index (κ3) is 52.0. The normalized spacial score (nSPS) is 0. The van der Waals surface area contributed by atoms with Gasteiger partial charge >= 0.3 is 19.5 Å². The van der Waals surface area contributed by atoms with Gasteiger partial charge in [-0.2, -0.15) is 0 Å². The van der Waals surface area contributed by atoms with Gasteiger partial charge in [-0.1, -0.05) is 33.7 Å². The first-order valence-electron chi connectivity index (χ1n) is 0. The van der Waals surface area contributed by atoms with Crippen LogP contribution in [0.3, 0.4) is 0 Å². The van der Waals surface area contributed by atoms with Crippen molar-refractivity contribution in [1.29, 1.82) is 0 Å². The quantitative estimate of drug-likeness (QED) is 0.310. The van der Waals surface area contributed by atoms with Crippen LogP contribution in [0.2, 0.25) is 0 Å². The summed E-state index contributed by atoms with van der Waals surface area (Å²) in [5.41, 5.74) is 0. The van der Waals surface area contributed by atoms with E-state index in [1.54, 1.807) is 0 Å². The molecule has 0 N–H and O–H groups in total. The Labute approximate surface area is 53.5 Å². The van der Waals surface area contributed by atoms with Crippen molar-refractivity contribution in [2.45, 2.75) is 0 Å². The Morgan fingerprint density at radius 2 is 0.400 bits per heavy atom. The van der Waals surface area contributed by atoms with Crippen LogP contribution < -0.4 is 0 Å². The van der Waals surface area contributed by atoms with E-state index < -0.39 is 0 Å². The molecule has 0 aliphatic heterocycles. The summed E-state index contributed by atoms with van der Waals surface area (Å²) in [6.45, 7) is 0. The number of hydrogen-bond donors (Lipinski definition) is 0. The molecule has 0 fully saturated rings. The van der Waals surface area contributed by atoms with Gasteiger partial charge in [0.15, 0.2) is 0 Å². The predicted molar refractivity (Wildman–Crippen MR) is 45.3 cm³/mol. The van der Waals surface area contributed by atoms with Crippen LogP contribution in [0.5, 0.6) is 0 Å². The zero-order valence-corrected chi connectivity index (χ0v) is 2.09. The van der Waals surface area contributed by atoms with Gasteiger partial charge in [0.05, 0.1) is 0 Å². The predicted octanol–water partition coefficient (Wildman–Crippen LogP) is -5.81. The molecule has 0 radical (unpaired) electrons. The van der Waals surface area contributed by atoms with Crippen molar-refractivity contribution in [3.63, 3.8) is 0 Å². The molecule has 0 bridgehead atoms. The second kappa shape index (κ2) is 94.4. The fourth-order valence-electron chi connectivity index (χ4n) is 0. The first-order valence-corrected chi connectivity index (χ1v) is 0. The fourth-order valence-corrected chi connectivity index (χ4v) is 0. The van der Waals surface area contributed by atoms with E-state index in [2.05, 4.69) is 0 Å². The average molecular weight is 160 g/mol. The van der Waals surface area contributed by atoms with Gasteiger partial charge in [-0.3, -0.25) is 0 Å². The molecule has 5 heavy (non-hydrogen) atoms. The Morgan fingerprint density at radius 3 is 0.400 bits per heavy atom. The summed E-state index contributed by atoms with van der Waals surface area (Å²) in [5.74, 6) is 0. The number of rotatable bonds is 0. The summed E-state index contributed by atoms with van der Waals surface area (Å²) in [7, 11) is 0. The maximum atomic E-state index is 0. The van der Waals surface area contributed by atoms with Gasteiger partial charge < -0.3 is 0 Å². The second-order valence-electron chi connectivity index (χ2n) is 0. The Kier molecular flexibility index (Phi) is 3400. The molecule has 0 aliphatic rings. The van der Waals surface area contributed by atoms with Crippen molar-refractivity contribution in [2.75, 3.05) is 0 Å². The molecule has 0 nitrogen and oxygen atoms in total. The standard InChI is InChI=1S/4BH4.Ru/h4*1H4;/q4*-1;+4. The van der Waals surface area contributed by atoms with Crippen LogP contribution in [0.4, 0.5) is 0 Å². The minimum Gasteiger partial charge on any atom is -0.0626 e. The fraction of sp³-hybridized carbons (Fsp3) is 0. The SMILES string of the molecule is [BH4-].[BH4-].[BH4-].[BH4-].[Ru+4]. The largest absolute Gasteiger partial charge is 4.00 e. The minimum absolute atomic E-state index is 0. The first kappa shape index (κ1) is 180. The topological polar surface area (TPSA) is 0 Å². The Balaban J connectivity index is 0. The molecule has 0 aromatic heterocycles. The smallest absolute Gasteiger partial charge is 0.0626 e. The molecule has 0 spiro atoms. The molecule has 0 saturated carbocycles. The molecular weight excluding hydrogens is 144 g/mol. The molecule has 0 aromatic carbocycles. The monoisotopic (exact) mass is 162 g/mol. The summed E-state index contributed by atoms with van der Waals surface area (Å²) in [5, 5.41) is 0. The molecule has 36 valence electrons. The van der Waals surface area contributed by atoms with Gasteiger partial charge in [-0.15, -0.1) is 0 Å². The maximum Gasteiger partial charge on any atom is 4.00 e. The van der Waals surface area contributed by atoms with Gasteiger partial charge in [0.2, 0.25) is 0 Å². The van der Waals surface area contributed by atoms with E-state index in [4.69, 9.17) is 0 Å². The van der Waals surface area contributed by atoms with Crippen LogP contribution in [0.1, 0.15) is 0 Å². The van der Waals surface area contributed by atoms with Crippen molar-refractivity contribution in [3.05, 3.63) is 0 Å². The van der Waals surface area contributed by atoms with E-state index >= 15 is 0 Å². The van der Waals surface area contributed by atoms with Gasteiger partial charge in [0.25, 0.3) is 0 Å². The minimum atomic E-state index is 0. The second-order valence-corrected chi connectivity index (χ2v) is 0. The van der Waals surface area contributed by atoms with E-state index in [0.717, 1.165) is 0 Å². The summed E-state index contributed by atoms with van der Waals surface area (Å²) in [4.78, 5) is 0. The maximum absolute atomic E-state index is 0. The third-order valence-corrected chi connectivity index (χ3v) is 0. The molecule has 0 heterocycles. The van der Waals surface area contributed by atoms with Crippen LogP contribution in [0.15, 0.2) is 0 Å². The summed E-state index contributed by atoms with van der Waals surface area (Å²) >= 11 is 0. The van der Waals surface area contributed by atoms with E-state index in [0.29, 0.717) is 0 Å². The molecular formula is H16B4Ru. The van der Waals surface area contributed by atoms with Crippen LogP contribution in [0.25, 0.3) is 0 Å². The Hall–Kier alpha value is 0.883. The van der Waals surface area contributed by atoms with Crippen molar-refractivity contribution in [2.24, 2.45) is 0 Å². The van der Waals surface area contributed by atoms with Gasteiger partial charge in [-0.05, 0) is 0 Å². The Bertz CT molecular complexity index is 3.61. The molecule has 0 saturated heterocycles. The molecule has 0 rings (SSSR count). The van der Waals surface area contributed by atoms with Crippen LogP contribution in [-0.2, 0) is 19.5 Å². The van der Waals surface area contributed by atoms with E-state index in [9.17, 15) is 0 Å². The molecule has 0 aromatic rings. The van der Waals surface area contributed by atoms with Crippen molar-refractivity contribution in [1.82, 2.24) is 0 Å². The Morgan fingerprint density at radius 1 is 0.400 bits per heavy atom. The molecule has 0 atom stereocenters. The average Bonchev–Trinajstić information content (AvgIpc) is 0. The summed E-state index contributed by atoms with van der Waals surface area (Å²) in [6.07, 6.45) is 0.